The van der Waals surface area contributed by atoms with Gasteiger partial charge in [-0.3, -0.25) is 0 Å². The summed E-state index contributed by atoms with van der Waals surface area (Å²) in [5.74, 6) is 0. The van der Waals surface area contributed by atoms with Crippen molar-refractivity contribution >= 4 is 15.9 Å². The lowest BCUT2D eigenvalue weighted by molar-refractivity contribution is 0.876. The second-order valence-corrected chi connectivity index (χ2v) is 3.07. The van der Waals surface area contributed by atoms with E-state index in [1.54, 1.807) is 6.07 Å². The Bertz CT molecular complexity index is 510. The van der Waals surface area contributed by atoms with E-state index in [1.165, 1.54) is 4.68 Å². The average Bonchev–Trinajstić information content (AvgIpc) is 2.47. The number of benzene rings is 1. The average molecular weight is 226 g/mol. The zero-order valence-electron chi connectivity index (χ0n) is 9.08. The van der Waals surface area contributed by atoms with Crippen molar-refractivity contribution in [1.29, 1.82) is 0 Å². The van der Waals surface area contributed by atoms with E-state index < -0.39 is 0 Å². The molecular formula is C9H7BrN2. The van der Waals surface area contributed by atoms with Gasteiger partial charge in [-0.1, -0.05) is 12.1 Å². The summed E-state index contributed by atoms with van der Waals surface area (Å²) in [7, 11) is 0. The Morgan fingerprint density at radius 3 is 2.92 bits per heavy atom. The fourth-order valence-electron chi connectivity index (χ4n) is 0.916. The normalized spacial score (nSPS) is 13.6. The summed E-state index contributed by atoms with van der Waals surface area (Å²) in [5, 5.41) is 3.82. The Kier molecular flexibility index (Phi) is 1.25. The maximum atomic E-state index is 7.62. The third-order valence-corrected chi connectivity index (χ3v) is 2.12. The van der Waals surface area contributed by atoms with Gasteiger partial charge in [0.25, 0.3) is 0 Å². The van der Waals surface area contributed by atoms with Gasteiger partial charge in [-0.2, -0.15) is 5.10 Å². The Labute approximate surface area is 83.2 Å². The van der Waals surface area contributed by atoms with Gasteiger partial charge in [0.15, 0.2) is 0 Å². The SMILES string of the molecule is [2H]c1nn(-c2ccccc2Br)c([2H])c1[2H]. The van der Waals surface area contributed by atoms with Crippen LogP contribution in [-0.4, -0.2) is 9.78 Å². The molecule has 0 fully saturated rings. The van der Waals surface area contributed by atoms with Crippen LogP contribution in [0, 0.1) is 0 Å². The van der Waals surface area contributed by atoms with Crippen LogP contribution in [0.1, 0.15) is 4.11 Å². The predicted molar refractivity (Wildman–Crippen MR) is 51.3 cm³/mol. The summed E-state index contributed by atoms with van der Waals surface area (Å²) in [6.07, 6.45) is -0.261. The second kappa shape index (κ2) is 3.11. The number of hydrogen-bond donors (Lipinski definition) is 0. The summed E-state index contributed by atoms with van der Waals surface area (Å²) >= 11 is 3.33. The molecule has 0 saturated heterocycles. The first-order valence-electron chi connectivity index (χ1n) is 4.89. The Balaban J connectivity index is 2.65. The van der Waals surface area contributed by atoms with Gasteiger partial charge in [-0.25, -0.2) is 4.68 Å². The fraction of sp³-hybridized carbons (Fsp3) is 0. The first-order chi connectivity index (χ1) is 7.11. The molecule has 60 valence electrons. The third-order valence-electron chi connectivity index (χ3n) is 1.45. The molecule has 0 bridgehead atoms. The molecule has 0 N–H and O–H groups in total. The van der Waals surface area contributed by atoms with Crippen LogP contribution in [0.5, 0.6) is 0 Å². The first-order valence-corrected chi connectivity index (χ1v) is 4.18. The molecule has 2 aromatic rings. The molecule has 12 heavy (non-hydrogen) atoms. The van der Waals surface area contributed by atoms with Crippen LogP contribution >= 0.6 is 15.9 Å². The van der Waals surface area contributed by atoms with Crippen molar-refractivity contribution in [1.82, 2.24) is 9.78 Å². The van der Waals surface area contributed by atoms with Gasteiger partial charge < -0.3 is 0 Å². The van der Waals surface area contributed by atoms with Crippen molar-refractivity contribution in [2.45, 2.75) is 0 Å². The highest BCUT2D eigenvalue weighted by molar-refractivity contribution is 9.10. The van der Waals surface area contributed by atoms with E-state index in [-0.39, 0.29) is 18.4 Å². The topological polar surface area (TPSA) is 17.8 Å². The lowest BCUT2D eigenvalue weighted by Gasteiger charge is -2.02. The summed E-state index contributed by atoms with van der Waals surface area (Å²) < 4.78 is 24.4. The largest absolute Gasteiger partial charge is 0.240 e. The molecule has 1 heterocycles. The molecule has 0 amide bonds. The summed E-state index contributed by atoms with van der Waals surface area (Å²) in [5.41, 5.74) is 0.662. The standard InChI is InChI=1S/C9H7BrN2/c10-8-4-1-2-5-9(8)12-7-3-6-11-12/h1-7H/i3D,6D,7D. The van der Waals surface area contributed by atoms with E-state index in [9.17, 15) is 0 Å². The highest BCUT2D eigenvalue weighted by atomic mass is 79.9. The fourth-order valence-corrected chi connectivity index (χ4v) is 1.37. The Morgan fingerprint density at radius 1 is 1.42 bits per heavy atom. The summed E-state index contributed by atoms with van der Waals surface area (Å²) in [6.45, 7) is 0. The first kappa shape index (κ1) is 4.82. The van der Waals surface area contributed by atoms with Crippen LogP contribution < -0.4 is 0 Å². The third kappa shape index (κ3) is 1.28. The van der Waals surface area contributed by atoms with Crippen LogP contribution in [0.25, 0.3) is 5.69 Å². The van der Waals surface area contributed by atoms with Crippen molar-refractivity contribution in [2.75, 3.05) is 0 Å². The van der Waals surface area contributed by atoms with Gasteiger partial charge in [0.05, 0.1) is 9.80 Å². The summed E-state index contributed by atoms with van der Waals surface area (Å²) in [6, 6.07) is 7.10. The zero-order chi connectivity index (χ0) is 11.0. The van der Waals surface area contributed by atoms with E-state index >= 15 is 0 Å². The molecule has 0 radical (unpaired) electrons. The molecule has 2 rings (SSSR count). The van der Waals surface area contributed by atoms with Crippen molar-refractivity contribution in [3.8, 4) is 5.69 Å². The van der Waals surface area contributed by atoms with Crippen molar-refractivity contribution in [3.05, 3.63) is 47.1 Å². The van der Waals surface area contributed by atoms with Gasteiger partial charge in [0, 0.05) is 16.8 Å². The molecule has 0 atom stereocenters. The highest BCUT2D eigenvalue weighted by Gasteiger charge is 1.98. The van der Waals surface area contributed by atoms with Crippen LogP contribution in [-0.2, 0) is 0 Å². The number of aromatic nitrogens is 2. The van der Waals surface area contributed by atoms with Crippen LogP contribution in [0.2, 0.25) is 0 Å². The lowest BCUT2D eigenvalue weighted by Crippen LogP contribution is -1.94. The molecule has 2 nitrogen and oxygen atoms in total. The minimum absolute atomic E-state index is 0.0769. The molecule has 0 aliphatic carbocycles. The van der Waals surface area contributed by atoms with E-state index in [2.05, 4.69) is 21.0 Å². The monoisotopic (exact) mass is 225 g/mol. The van der Waals surface area contributed by atoms with Gasteiger partial charge in [0.2, 0.25) is 0 Å². The summed E-state index contributed by atoms with van der Waals surface area (Å²) in [4.78, 5) is 0. The molecule has 0 spiro atoms. The van der Waals surface area contributed by atoms with Crippen LogP contribution in [0.15, 0.2) is 47.1 Å². The molecule has 0 unspecified atom stereocenters. The molecule has 1 aromatic heterocycles. The molecule has 0 saturated carbocycles. The van der Waals surface area contributed by atoms with Crippen LogP contribution in [0.3, 0.4) is 0 Å². The van der Waals surface area contributed by atoms with Crippen molar-refractivity contribution in [2.24, 2.45) is 0 Å². The Hall–Kier alpha value is -1.09. The predicted octanol–water partition coefficient (Wildman–Crippen LogP) is 2.63. The molecule has 1 aromatic carbocycles. The van der Waals surface area contributed by atoms with E-state index in [0.717, 1.165) is 4.47 Å². The Morgan fingerprint density at radius 2 is 2.25 bits per heavy atom. The highest BCUT2D eigenvalue weighted by Crippen LogP contribution is 2.18. The van der Waals surface area contributed by atoms with Gasteiger partial charge in [-0.15, -0.1) is 0 Å². The molecule has 0 aliphatic heterocycles. The number of hydrogen-bond acceptors (Lipinski definition) is 1. The number of rotatable bonds is 1. The zero-order valence-corrected chi connectivity index (χ0v) is 7.67. The molecule has 3 heteroatoms. The minimum Gasteiger partial charge on any atom is -0.240 e. The van der Waals surface area contributed by atoms with Crippen molar-refractivity contribution < 1.29 is 4.11 Å². The van der Waals surface area contributed by atoms with Gasteiger partial charge in [-0.05, 0) is 34.1 Å². The lowest BCUT2D eigenvalue weighted by atomic mass is 10.3. The number of nitrogens with zero attached hydrogens (tertiary/aromatic N) is 2. The van der Waals surface area contributed by atoms with E-state index in [0.29, 0.717) is 5.69 Å². The van der Waals surface area contributed by atoms with E-state index in [1.807, 2.05) is 18.2 Å². The quantitative estimate of drug-likeness (QED) is 0.730. The van der Waals surface area contributed by atoms with Crippen molar-refractivity contribution in [3.63, 3.8) is 0 Å². The maximum absolute atomic E-state index is 7.62. The van der Waals surface area contributed by atoms with Gasteiger partial charge >= 0.3 is 0 Å². The van der Waals surface area contributed by atoms with Gasteiger partial charge in [0.1, 0.15) is 0 Å². The molecular weight excluding hydrogens is 216 g/mol. The smallest absolute Gasteiger partial charge is 0.0860 e. The minimum atomic E-state index is -0.184. The van der Waals surface area contributed by atoms with Crippen LogP contribution in [0.4, 0.5) is 0 Å². The van der Waals surface area contributed by atoms with E-state index in [4.69, 9.17) is 4.11 Å². The number of para-hydroxylation sites is 1. The second-order valence-electron chi connectivity index (χ2n) is 2.21. The maximum Gasteiger partial charge on any atom is 0.0860 e. The number of halogens is 1. The molecule has 0 aliphatic rings.